The number of aliphatic carboxylic acids is 1. The highest BCUT2D eigenvalue weighted by atomic mass is 16.5. The van der Waals surface area contributed by atoms with Crippen LogP contribution in [-0.2, 0) is 4.79 Å². The molecule has 1 atom stereocenters. The number of carbonyl (C=O) groups is 1. The van der Waals surface area contributed by atoms with E-state index in [9.17, 15) is 4.79 Å². The lowest BCUT2D eigenvalue weighted by Gasteiger charge is -2.10. The normalized spacial score (nSPS) is 11.9. The van der Waals surface area contributed by atoms with Crippen LogP contribution in [-0.4, -0.2) is 29.2 Å². The molecule has 5 nitrogen and oxygen atoms in total. The molecule has 1 unspecified atom stereocenters. The topological polar surface area (TPSA) is 71.5 Å². The Bertz CT molecular complexity index is 328. The van der Waals surface area contributed by atoms with Gasteiger partial charge in [-0.25, -0.2) is 4.98 Å². The highest BCUT2D eigenvalue weighted by Gasteiger charge is 2.10. The second kappa shape index (κ2) is 4.45. The van der Waals surface area contributed by atoms with Crippen molar-refractivity contribution in [1.29, 1.82) is 0 Å². The van der Waals surface area contributed by atoms with Crippen molar-refractivity contribution in [2.45, 2.75) is 13.0 Å². The number of aromatic nitrogens is 1. The number of carboxylic acids is 1. The zero-order chi connectivity index (χ0) is 10.6. The van der Waals surface area contributed by atoms with E-state index in [1.165, 1.54) is 7.11 Å². The molecule has 0 saturated carbocycles. The Morgan fingerprint density at radius 3 is 3.00 bits per heavy atom. The molecule has 0 bridgehead atoms. The van der Waals surface area contributed by atoms with E-state index in [4.69, 9.17) is 9.84 Å². The zero-order valence-corrected chi connectivity index (χ0v) is 8.02. The van der Waals surface area contributed by atoms with Gasteiger partial charge in [0.2, 0.25) is 5.88 Å². The number of methoxy groups -OCH3 is 1. The Kier molecular flexibility index (Phi) is 3.28. The first-order valence-electron chi connectivity index (χ1n) is 4.13. The first kappa shape index (κ1) is 10.3. The number of anilines is 1. The molecule has 0 amide bonds. The van der Waals surface area contributed by atoms with Crippen LogP contribution in [0.5, 0.6) is 5.88 Å². The fraction of sp³-hybridized carbons (Fsp3) is 0.333. The summed E-state index contributed by atoms with van der Waals surface area (Å²) in [5.74, 6) is -0.451. The monoisotopic (exact) mass is 196 g/mol. The summed E-state index contributed by atoms with van der Waals surface area (Å²) in [7, 11) is 1.51. The highest BCUT2D eigenvalue weighted by Crippen LogP contribution is 2.14. The van der Waals surface area contributed by atoms with Crippen LogP contribution < -0.4 is 10.1 Å². The van der Waals surface area contributed by atoms with Crippen molar-refractivity contribution in [3.05, 3.63) is 18.3 Å². The van der Waals surface area contributed by atoms with Crippen LogP contribution in [0.4, 0.5) is 5.69 Å². The van der Waals surface area contributed by atoms with E-state index in [0.717, 1.165) is 0 Å². The summed E-state index contributed by atoms with van der Waals surface area (Å²) in [5.41, 5.74) is 0.673. The number of carboxylic acid groups (broad SMARTS) is 1. The molecule has 0 fully saturated rings. The van der Waals surface area contributed by atoms with Gasteiger partial charge in [-0.05, 0) is 13.0 Å². The van der Waals surface area contributed by atoms with Crippen LogP contribution in [0.25, 0.3) is 0 Å². The maximum Gasteiger partial charge on any atom is 0.325 e. The van der Waals surface area contributed by atoms with Crippen molar-refractivity contribution >= 4 is 11.7 Å². The first-order chi connectivity index (χ1) is 6.63. The molecule has 5 heteroatoms. The number of ether oxygens (including phenoxy) is 1. The lowest BCUT2D eigenvalue weighted by molar-refractivity contribution is -0.137. The van der Waals surface area contributed by atoms with Crippen LogP contribution in [0.3, 0.4) is 0 Å². The molecule has 0 aromatic carbocycles. The third-order valence-corrected chi connectivity index (χ3v) is 1.70. The largest absolute Gasteiger partial charge is 0.481 e. The Hall–Kier alpha value is -1.78. The van der Waals surface area contributed by atoms with Crippen LogP contribution in [0, 0.1) is 0 Å². The third kappa shape index (κ3) is 2.62. The molecule has 1 aromatic heterocycles. The predicted molar refractivity (Wildman–Crippen MR) is 51.5 cm³/mol. The second-order valence-corrected chi connectivity index (χ2v) is 2.79. The second-order valence-electron chi connectivity index (χ2n) is 2.79. The average Bonchev–Trinajstić information content (AvgIpc) is 2.18. The molecule has 0 spiro atoms. The minimum atomic E-state index is -0.902. The maximum absolute atomic E-state index is 10.5. The minimum absolute atomic E-state index is 0.451. The summed E-state index contributed by atoms with van der Waals surface area (Å²) in [6.45, 7) is 1.56. The van der Waals surface area contributed by atoms with E-state index < -0.39 is 12.0 Å². The molecule has 76 valence electrons. The van der Waals surface area contributed by atoms with E-state index >= 15 is 0 Å². The van der Waals surface area contributed by atoms with Crippen molar-refractivity contribution in [1.82, 2.24) is 4.98 Å². The van der Waals surface area contributed by atoms with Crippen molar-refractivity contribution in [2.24, 2.45) is 0 Å². The van der Waals surface area contributed by atoms with Gasteiger partial charge in [-0.3, -0.25) is 4.79 Å². The molecule has 0 aliphatic rings. The number of hydrogen-bond acceptors (Lipinski definition) is 4. The smallest absolute Gasteiger partial charge is 0.325 e. The number of pyridine rings is 1. The molecule has 1 aromatic rings. The molecular weight excluding hydrogens is 184 g/mol. The molecular formula is C9H12N2O3. The summed E-state index contributed by atoms with van der Waals surface area (Å²) >= 11 is 0. The predicted octanol–water partition coefficient (Wildman–Crippen LogP) is 0.975. The minimum Gasteiger partial charge on any atom is -0.481 e. The van der Waals surface area contributed by atoms with Gasteiger partial charge in [0.15, 0.2) is 0 Å². The Morgan fingerprint density at radius 2 is 2.43 bits per heavy atom. The lowest BCUT2D eigenvalue weighted by atomic mass is 10.3. The van der Waals surface area contributed by atoms with Gasteiger partial charge >= 0.3 is 5.97 Å². The third-order valence-electron chi connectivity index (χ3n) is 1.70. The quantitative estimate of drug-likeness (QED) is 0.750. The van der Waals surface area contributed by atoms with E-state index in [2.05, 4.69) is 10.3 Å². The van der Waals surface area contributed by atoms with Crippen molar-refractivity contribution < 1.29 is 14.6 Å². The standard InChI is InChI=1S/C9H12N2O3/c1-6(9(12)13)11-7-3-4-10-8(5-7)14-2/h3-6H,1-2H3,(H,10,11)(H,12,13). The average molecular weight is 196 g/mol. The fourth-order valence-corrected chi connectivity index (χ4v) is 0.923. The highest BCUT2D eigenvalue weighted by molar-refractivity contribution is 5.76. The molecule has 0 radical (unpaired) electrons. The van der Waals surface area contributed by atoms with E-state index in [1.54, 1.807) is 25.3 Å². The van der Waals surface area contributed by atoms with Gasteiger partial charge in [-0.2, -0.15) is 0 Å². The van der Waals surface area contributed by atoms with Gasteiger partial charge in [-0.1, -0.05) is 0 Å². The van der Waals surface area contributed by atoms with Crippen molar-refractivity contribution in [3.8, 4) is 5.88 Å². The summed E-state index contributed by atoms with van der Waals surface area (Å²) in [5, 5.41) is 11.5. The van der Waals surface area contributed by atoms with Crippen molar-refractivity contribution in [3.63, 3.8) is 0 Å². The molecule has 0 aliphatic carbocycles. The van der Waals surface area contributed by atoms with Gasteiger partial charge in [0.05, 0.1) is 7.11 Å². The van der Waals surface area contributed by atoms with Gasteiger partial charge in [0.25, 0.3) is 0 Å². The molecule has 1 heterocycles. The van der Waals surface area contributed by atoms with Crippen LogP contribution >= 0.6 is 0 Å². The number of nitrogens with zero attached hydrogens (tertiary/aromatic N) is 1. The van der Waals surface area contributed by atoms with E-state index in [0.29, 0.717) is 11.6 Å². The fourth-order valence-electron chi connectivity index (χ4n) is 0.923. The molecule has 1 rings (SSSR count). The lowest BCUT2D eigenvalue weighted by Crippen LogP contribution is -2.25. The SMILES string of the molecule is COc1cc(NC(C)C(=O)O)ccn1. The van der Waals surface area contributed by atoms with Crippen LogP contribution in [0.15, 0.2) is 18.3 Å². The maximum atomic E-state index is 10.5. The Morgan fingerprint density at radius 1 is 1.71 bits per heavy atom. The van der Waals surface area contributed by atoms with Gasteiger partial charge in [-0.15, -0.1) is 0 Å². The zero-order valence-electron chi connectivity index (χ0n) is 8.02. The Labute approximate surface area is 81.7 Å². The molecule has 14 heavy (non-hydrogen) atoms. The van der Waals surface area contributed by atoms with Gasteiger partial charge in [0, 0.05) is 18.0 Å². The van der Waals surface area contributed by atoms with Gasteiger partial charge < -0.3 is 15.2 Å². The summed E-state index contributed by atoms with van der Waals surface area (Å²) in [6, 6.07) is 2.68. The molecule has 0 saturated heterocycles. The molecule has 0 aliphatic heterocycles. The van der Waals surface area contributed by atoms with Gasteiger partial charge in [0.1, 0.15) is 6.04 Å². The Balaban J connectivity index is 2.71. The van der Waals surface area contributed by atoms with E-state index in [-0.39, 0.29) is 0 Å². The van der Waals surface area contributed by atoms with Crippen LogP contribution in [0.1, 0.15) is 6.92 Å². The summed E-state index contributed by atoms with van der Waals surface area (Å²) in [6.07, 6.45) is 1.55. The van der Waals surface area contributed by atoms with E-state index in [1.807, 2.05) is 0 Å². The van der Waals surface area contributed by atoms with Crippen LogP contribution in [0.2, 0.25) is 0 Å². The van der Waals surface area contributed by atoms with Crippen molar-refractivity contribution in [2.75, 3.05) is 12.4 Å². The number of rotatable bonds is 4. The number of hydrogen-bond donors (Lipinski definition) is 2. The molecule has 2 N–H and O–H groups in total. The summed E-state index contributed by atoms with van der Waals surface area (Å²) in [4.78, 5) is 14.4. The number of nitrogens with one attached hydrogen (secondary N) is 1. The summed E-state index contributed by atoms with van der Waals surface area (Å²) < 4.78 is 4.90. The first-order valence-corrected chi connectivity index (χ1v) is 4.13.